The summed E-state index contributed by atoms with van der Waals surface area (Å²) in [6, 6.07) is 3.06. The van der Waals surface area contributed by atoms with Crippen molar-refractivity contribution in [2.45, 2.75) is 46.1 Å². The normalized spacial score (nSPS) is 17.2. The lowest BCUT2D eigenvalue weighted by molar-refractivity contribution is -0.127. The van der Waals surface area contributed by atoms with Crippen LogP contribution in [0.25, 0.3) is 11.1 Å². The molecule has 2 aromatic rings. The second-order valence-electron chi connectivity index (χ2n) is 8.43. The minimum atomic E-state index is -0.794. The van der Waals surface area contributed by atoms with Crippen molar-refractivity contribution >= 4 is 34.6 Å². The van der Waals surface area contributed by atoms with E-state index in [1.54, 1.807) is 24.0 Å². The Hall–Kier alpha value is -3.10. The first kappa shape index (κ1) is 20.6. The fourth-order valence-corrected chi connectivity index (χ4v) is 3.40. The number of amides is 4. The Morgan fingerprint density at radius 2 is 2.00 bits per heavy atom. The summed E-state index contributed by atoms with van der Waals surface area (Å²) in [6.07, 6.45) is 1.43. The second kappa shape index (κ2) is 7.73. The van der Waals surface area contributed by atoms with Crippen molar-refractivity contribution in [2.75, 3.05) is 18.4 Å². The number of nitrogens with two attached hydrogens (primary N) is 1. The maximum absolute atomic E-state index is 12.9. The number of carbonyl (C=O) groups excluding carboxylic acids is 3. The number of piperidine rings is 1. The monoisotopic (exact) mass is 401 g/mol. The van der Waals surface area contributed by atoms with Crippen LogP contribution in [0.1, 0.15) is 49.9 Å². The first-order chi connectivity index (χ1) is 13.5. The molecule has 9 heteroatoms. The summed E-state index contributed by atoms with van der Waals surface area (Å²) in [5, 5.41) is 6.20. The van der Waals surface area contributed by atoms with E-state index in [0.29, 0.717) is 30.6 Å². The van der Waals surface area contributed by atoms with Gasteiger partial charge in [0.05, 0.1) is 11.3 Å². The summed E-state index contributed by atoms with van der Waals surface area (Å²) in [4.78, 5) is 43.0. The van der Waals surface area contributed by atoms with Crippen LogP contribution in [0.3, 0.4) is 0 Å². The smallest absolute Gasteiger partial charge is 0.321 e. The van der Waals surface area contributed by atoms with Crippen molar-refractivity contribution < 1.29 is 18.8 Å². The standard InChI is InChI=1S/C20H27N5O4/c1-11-7-8-13-14(15(16(21)26)29-18(13)22-11)23-19(28)25-9-5-6-12(10-25)17(27)24-20(2,3)4/h7-8,12H,5-6,9-10H2,1-4H3,(H2,21,26)(H,23,28)(H,24,27)/t12-/m1/s1. The Balaban J connectivity index is 1.79. The lowest BCUT2D eigenvalue weighted by Crippen LogP contribution is -2.50. The topological polar surface area (TPSA) is 131 Å². The van der Waals surface area contributed by atoms with E-state index in [1.165, 1.54) is 0 Å². The molecule has 3 rings (SSSR count). The summed E-state index contributed by atoms with van der Waals surface area (Å²) in [6.45, 7) is 8.37. The number of urea groups is 1. The molecule has 29 heavy (non-hydrogen) atoms. The number of pyridine rings is 1. The summed E-state index contributed by atoms with van der Waals surface area (Å²) in [5.41, 5.74) is 6.22. The molecule has 0 unspecified atom stereocenters. The van der Waals surface area contributed by atoms with Crippen molar-refractivity contribution in [1.29, 1.82) is 0 Å². The van der Waals surface area contributed by atoms with Gasteiger partial charge in [0.25, 0.3) is 5.91 Å². The van der Waals surface area contributed by atoms with Gasteiger partial charge in [-0.25, -0.2) is 9.78 Å². The van der Waals surface area contributed by atoms with Crippen LogP contribution < -0.4 is 16.4 Å². The minimum absolute atomic E-state index is 0.0683. The van der Waals surface area contributed by atoms with Crippen molar-refractivity contribution in [3.05, 3.63) is 23.6 Å². The van der Waals surface area contributed by atoms with Crippen LogP contribution in [0.4, 0.5) is 10.5 Å². The van der Waals surface area contributed by atoms with Gasteiger partial charge < -0.3 is 25.7 Å². The molecular formula is C20H27N5O4. The number of hydrogen-bond donors (Lipinski definition) is 3. The van der Waals surface area contributed by atoms with Gasteiger partial charge in [-0.2, -0.15) is 0 Å². The van der Waals surface area contributed by atoms with Gasteiger partial charge >= 0.3 is 6.03 Å². The van der Waals surface area contributed by atoms with E-state index >= 15 is 0 Å². The van der Waals surface area contributed by atoms with E-state index in [4.69, 9.17) is 10.2 Å². The summed E-state index contributed by atoms with van der Waals surface area (Å²) in [5.74, 6) is -1.29. The van der Waals surface area contributed by atoms with E-state index in [9.17, 15) is 14.4 Å². The second-order valence-corrected chi connectivity index (χ2v) is 8.43. The Morgan fingerprint density at radius 1 is 1.28 bits per heavy atom. The Bertz CT molecular complexity index is 960. The quantitative estimate of drug-likeness (QED) is 0.727. The number of likely N-dealkylation sites (tertiary alicyclic amines) is 1. The van der Waals surface area contributed by atoms with Crippen LogP contribution in [-0.2, 0) is 4.79 Å². The molecule has 9 nitrogen and oxygen atoms in total. The minimum Gasteiger partial charge on any atom is -0.430 e. The molecule has 4 N–H and O–H groups in total. The number of aromatic nitrogens is 1. The number of hydrogen-bond acceptors (Lipinski definition) is 5. The van der Waals surface area contributed by atoms with Gasteiger partial charge in [-0.1, -0.05) is 0 Å². The summed E-state index contributed by atoms with van der Waals surface area (Å²) >= 11 is 0. The van der Waals surface area contributed by atoms with Gasteiger partial charge in [-0.05, 0) is 52.7 Å². The van der Waals surface area contributed by atoms with Crippen LogP contribution in [0.5, 0.6) is 0 Å². The molecule has 156 valence electrons. The predicted octanol–water partition coefficient (Wildman–Crippen LogP) is 2.39. The zero-order chi connectivity index (χ0) is 21.3. The molecule has 0 aromatic carbocycles. The van der Waals surface area contributed by atoms with Gasteiger partial charge in [0.2, 0.25) is 17.4 Å². The zero-order valence-corrected chi connectivity index (χ0v) is 17.2. The number of primary amides is 1. The van der Waals surface area contributed by atoms with Crippen molar-refractivity contribution in [1.82, 2.24) is 15.2 Å². The van der Waals surface area contributed by atoms with E-state index < -0.39 is 11.9 Å². The fourth-order valence-electron chi connectivity index (χ4n) is 3.40. The molecule has 1 atom stereocenters. The van der Waals surface area contributed by atoms with Gasteiger partial charge in [0.15, 0.2) is 0 Å². The van der Waals surface area contributed by atoms with Gasteiger partial charge in [0, 0.05) is 24.3 Å². The molecule has 0 spiro atoms. The number of rotatable bonds is 3. The van der Waals surface area contributed by atoms with E-state index in [-0.39, 0.29) is 34.5 Å². The Labute approximate surface area is 169 Å². The molecule has 1 aliphatic heterocycles. The largest absolute Gasteiger partial charge is 0.430 e. The third kappa shape index (κ3) is 4.67. The van der Waals surface area contributed by atoms with Crippen LogP contribution >= 0.6 is 0 Å². The maximum Gasteiger partial charge on any atom is 0.321 e. The zero-order valence-electron chi connectivity index (χ0n) is 17.2. The van der Waals surface area contributed by atoms with Crippen LogP contribution in [0.15, 0.2) is 16.5 Å². The lowest BCUT2D eigenvalue weighted by Gasteiger charge is -2.33. The third-order valence-electron chi connectivity index (χ3n) is 4.73. The molecule has 1 saturated heterocycles. The Kier molecular flexibility index (Phi) is 5.50. The van der Waals surface area contributed by atoms with Crippen LogP contribution in [0, 0.1) is 12.8 Å². The number of nitrogens with one attached hydrogen (secondary N) is 2. The molecule has 1 fully saturated rings. The number of furan rings is 1. The number of aryl methyl sites for hydroxylation is 1. The molecule has 0 aliphatic carbocycles. The molecule has 0 saturated carbocycles. The van der Waals surface area contributed by atoms with Crippen molar-refractivity contribution in [3.8, 4) is 0 Å². The molecule has 3 heterocycles. The maximum atomic E-state index is 12.9. The third-order valence-corrected chi connectivity index (χ3v) is 4.73. The Morgan fingerprint density at radius 3 is 2.66 bits per heavy atom. The van der Waals surface area contributed by atoms with E-state index in [2.05, 4.69) is 15.6 Å². The average Bonchev–Trinajstić information content (AvgIpc) is 2.98. The first-order valence-corrected chi connectivity index (χ1v) is 9.63. The predicted molar refractivity (Wildman–Crippen MR) is 108 cm³/mol. The van der Waals surface area contributed by atoms with E-state index in [0.717, 1.165) is 6.42 Å². The van der Waals surface area contributed by atoms with Crippen LogP contribution in [0.2, 0.25) is 0 Å². The summed E-state index contributed by atoms with van der Waals surface area (Å²) in [7, 11) is 0. The number of fused-ring (bicyclic) bond motifs is 1. The highest BCUT2D eigenvalue weighted by molar-refractivity contribution is 6.09. The van der Waals surface area contributed by atoms with E-state index in [1.807, 2.05) is 20.8 Å². The van der Waals surface area contributed by atoms with Crippen molar-refractivity contribution in [2.24, 2.45) is 11.7 Å². The van der Waals surface area contributed by atoms with Crippen LogP contribution in [-0.4, -0.2) is 46.4 Å². The average molecular weight is 401 g/mol. The molecule has 2 aromatic heterocycles. The highest BCUT2D eigenvalue weighted by Gasteiger charge is 2.31. The molecule has 1 aliphatic rings. The summed E-state index contributed by atoms with van der Waals surface area (Å²) < 4.78 is 5.46. The van der Waals surface area contributed by atoms with Crippen molar-refractivity contribution in [3.63, 3.8) is 0 Å². The van der Waals surface area contributed by atoms with Gasteiger partial charge in [-0.3, -0.25) is 9.59 Å². The molecular weight excluding hydrogens is 374 g/mol. The molecule has 0 bridgehead atoms. The highest BCUT2D eigenvalue weighted by Crippen LogP contribution is 2.30. The fraction of sp³-hybridized carbons (Fsp3) is 0.500. The number of anilines is 1. The molecule has 0 radical (unpaired) electrons. The lowest BCUT2D eigenvalue weighted by atomic mass is 9.96. The SMILES string of the molecule is Cc1ccc2c(NC(=O)N3CCC[C@@H](C(=O)NC(C)(C)C)C3)c(C(N)=O)oc2n1. The highest BCUT2D eigenvalue weighted by atomic mass is 16.4. The van der Waals surface area contributed by atoms with Gasteiger partial charge in [-0.15, -0.1) is 0 Å². The number of carbonyl (C=O) groups is 3. The first-order valence-electron chi connectivity index (χ1n) is 9.63. The molecule has 4 amide bonds. The number of nitrogens with zero attached hydrogens (tertiary/aromatic N) is 2. The van der Waals surface area contributed by atoms with Gasteiger partial charge in [0.1, 0.15) is 5.69 Å².